The Morgan fingerprint density at radius 3 is 2.41 bits per heavy atom. The summed E-state index contributed by atoms with van der Waals surface area (Å²) in [7, 11) is 0. The second kappa shape index (κ2) is 7.20. The molecule has 0 saturated carbocycles. The summed E-state index contributed by atoms with van der Waals surface area (Å²) in [4.78, 5) is 12.2. The third kappa shape index (κ3) is 3.95. The molecule has 3 nitrogen and oxygen atoms in total. The van der Waals surface area contributed by atoms with Crippen molar-refractivity contribution in [2.45, 2.75) is 39.3 Å². The predicted octanol–water partition coefficient (Wildman–Crippen LogP) is 2.14. The number of Topliss-reactive ketones (excluding diaryl/α,β-unsaturated/α-hetero) is 1. The molecule has 0 aromatic heterocycles. The van der Waals surface area contributed by atoms with E-state index in [9.17, 15) is 4.79 Å². The maximum atomic E-state index is 12.2. The molecule has 1 rings (SSSR count). The highest BCUT2D eigenvalue weighted by atomic mass is 16.3. The molecule has 0 radical (unpaired) electrons. The Labute approximate surface area is 103 Å². The van der Waals surface area contributed by atoms with Crippen LogP contribution in [0.5, 0.6) is 0 Å². The van der Waals surface area contributed by atoms with Gasteiger partial charge in [-0.05, 0) is 18.5 Å². The fourth-order valence-electron chi connectivity index (χ4n) is 1.84. The van der Waals surface area contributed by atoms with Crippen molar-refractivity contribution in [1.82, 2.24) is 5.32 Å². The van der Waals surface area contributed by atoms with E-state index in [0.717, 1.165) is 24.9 Å². The molecule has 0 aliphatic carbocycles. The minimum absolute atomic E-state index is 0.0140. The molecule has 1 aromatic rings. The first-order valence-corrected chi connectivity index (χ1v) is 6.20. The monoisotopic (exact) mass is 235 g/mol. The van der Waals surface area contributed by atoms with E-state index in [-0.39, 0.29) is 18.4 Å². The van der Waals surface area contributed by atoms with E-state index in [0.29, 0.717) is 5.56 Å². The minimum Gasteiger partial charge on any atom is -0.392 e. The molecule has 0 aliphatic heterocycles. The van der Waals surface area contributed by atoms with Gasteiger partial charge in [0, 0.05) is 5.56 Å². The van der Waals surface area contributed by atoms with Crippen LogP contribution in [0.3, 0.4) is 0 Å². The van der Waals surface area contributed by atoms with Crippen LogP contribution in [0, 0.1) is 0 Å². The summed E-state index contributed by atoms with van der Waals surface area (Å²) in [6.45, 7) is 4.89. The lowest BCUT2D eigenvalue weighted by molar-refractivity contribution is 0.0938. The molecule has 0 heterocycles. The van der Waals surface area contributed by atoms with Crippen LogP contribution in [0.1, 0.15) is 42.6 Å². The van der Waals surface area contributed by atoms with Crippen LogP contribution in [0.2, 0.25) is 0 Å². The van der Waals surface area contributed by atoms with Gasteiger partial charge in [0.2, 0.25) is 0 Å². The van der Waals surface area contributed by atoms with E-state index < -0.39 is 0 Å². The average molecular weight is 235 g/mol. The summed E-state index contributed by atoms with van der Waals surface area (Å²) in [5, 5.41) is 12.2. The van der Waals surface area contributed by atoms with Gasteiger partial charge in [-0.1, -0.05) is 44.5 Å². The lowest BCUT2D eigenvalue weighted by atomic mass is 9.99. The summed E-state index contributed by atoms with van der Waals surface area (Å²) in [6.07, 6.45) is 1.84. The van der Waals surface area contributed by atoms with Gasteiger partial charge in [-0.25, -0.2) is 0 Å². The number of carbonyl (C=O) groups is 1. The van der Waals surface area contributed by atoms with Gasteiger partial charge in [-0.3, -0.25) is 4.79 Å². The Morgan fingerprint density at radius 1 is 1.29 bits per heavy atom. The number of aliphatic hydroxyl groups excluding tert-OH is 1. The van der Waals surface area contributed by atoms with E-state index in [1.807, 2.05) is 6.92 Å². The van der Waals surface area contributed by atoms with Gasteiger partial charge in [-0.2, -0.15) is 0 Å². The number of nitrogens with one attached hydrogen (secondary N) is 1. The van der Waals surface area contributed by atoms with Crippen LogP contribution < -0.4 is 5.32 Å². The van der Waals surface area contributed by atoms with Crippen LogP contribution in [-0.4, -0.2) is 23.5 Å². The topological polar surface area (TPSA) is 49.3 Å². The lowest BCUT2D eigenvalue weighted by Gasteiger charge is -2.15. The predicted molar refractivity (Wildman–Crippen MR) is 69.1 cm³/mol. The van der Waals surface area contributed by atoms with Crippen molar-refractivity contribution < 1.29 is 9.90 Å². The normalized spacial score (nSPS) is 12.4. The fraction of sp³-hybridized carbons (Fsp3) is 0.500. The van der Waals surface area contributed by atoms with Crippen LogP contribution >= 0.6 is 0 Å². The molecule has 17 heavy (non-hydrogen) atoms. The van der Waals surface area contributed by atoms with Crippen LogP contribution in [-0.2, 0) is 6.61 Å². The standard InChI is InChI=1S/C14H21NO2/c1-3-5-13(15-4-2)14(17)12-8-6-11(10-16)7-9-12/h6-9,13,15-16H,3-5,10H2,1-2H3. The van der Waals surface area contributed by atoms with Crippen molar-refractivity contribution in [1.29, 1.82) is 0 Å². The molecular weight excluding hydrogens is 214 g/mol. The first kappa shape index (κ1) is 13.9. The van der Waals surface area contributed by atoms with Crippen molar-refractivity contribution in [3.8, 4) is 0 Å². The van der Waals surface area contributed by atoms with Crippen LogP contribution in [0.4, 0.5) is 0 Å². The molecular formula is C14H21NO2. The summed E-state index contributed by atoms with van der Waals surface area (Å²) >= 11 is 0. The number of aliphatic hydroxyl groups is 1. The molecule has 1 atom stereocenters. The molecule has 0 bridgehead atoms. The number of hydrogen-bond acceptors (Lipinski definition) is 3. The first-order chi connectivity index (χ1) is 8.22. The summed E-state index contributed by atoms with van der Waals surface area (Å²) in [5.41, 5.74) is 1.54. The Balaban J connectivity index is 2.77. The quantitative estimate of drug-likeness (QED) is 0.712. The zero-order chi connectivity index (χ0) is 12.7. The Morgan fingerprint density at radius 2 is 1.94 bits per heavy atom. The number of hydrogen-bond donors (Lipinski definition) is 2. The molecule has 1 aromatic carbocycles. The van der Waals surface area contributed by atoms with E-state index in [2.05, 4.69) is 12.2 Å². The van der Waals surface area contributed by atoms with Crippen LogP contribution in [0.15, 0.2) is 24.3 Å². The van der Waals surface area contributed by atoms with Gasteiger partial charge in [0.25, 0.3) is 0 Å². The minimum atomic E-state index is -0.0926. The van der Waals surface area contributed by atoms with Crippen molar-refractivity contribution in [2.24, 2.45) is 0 Å². The van der Waals surface area contributed by atoms with Gasteiger partial charge in [0.05, 0.1) is 12.6 Å². The smallest absolute Gasteiger partial charge is 0.179 e. The Hall–Kier alpha value is -1.19. The van der Waals surface area contributed by atoms with E-state index in [4.69, 9.17) is 5.11 Å². The van der Waals surface area contributed by atoms with E-state index >= 15 is 0 Å². The maximum Gasteiger partial charge on any atom is 0.179 e. The fourth-order valence-corrected chi connectivity index (χ4v) is 1.84. The molecule has 1 unspecified atom stereocenters. The highest BCUT2D eigenvalue weighted by Gasteiger charge is 2.17. The number of carbonyl (C=O) groups excluding carboxylic acids is 1. The largest absolute Gasteiger partial charge is 0.392 e. The number of ketones is 1. The molecule has 0 amide bonds. The highest BCUT2D eigenvalue weighted by molar-refractivity contribution is 6.00. The second-order valence-corrected chi connectivity index (χ2v) is 4.12. The van der Waals surface area contributed by atoms with Crippen molar-refractivity contribution in [2.75, 3.05) is 6.54 Å². The average Bonchev–Trinajstić information content (AvgIpc) is 2.38. The van der Waals surface area contributed by atoms with Gasteiger partial charge < -0.3 is 10.4 Å². The molecule has 94 valence electrons. The zero-order valence-corrected chi connectivity index (χ0v) is 10.6. The molecule has 2 N–H and O–H groups in total. The third-order valence-corrected chi connectivity index (χ3v) is 2.77. The third-order valence-electron chi connectivity index (χ3n) is 2.77. The van der Waals surface area contributed by atoms with Gasteiger partial charge in [0.1, 0.15) is 0 Å². The number of rotatable bonds is 7. The summed E-state index contributed by atoms with van der Waals surface area (Å²) in [5.74, 6) is 0.137. The molecule has 0 saturated heterocycles. The lowest BCUT2D eigenvalue weighted by Crippen LogP contribution is -2.36. The van der Waals surface area contributed by atoms with E-state index in [1.54, 1.807) is 24.3 Å². The number of benzene rings is 1. The molecule has 3 heteroatoms. The molecule has 0 spiro atoms. The van der Waals surface area contributed by atoms with Crippen LogP contribution in [0.25, 0.3) is 0 Å². The van der Waals surface area contributed by atoms with Gasteiger partial charge in [-0.15, -0.1) is 0 Å². The Kier molecular flexibility index (Phi) is 5.87. The first-order valence-electron chi connectivity index (χ1n) is 6.20. The number of likely N-dealkylation sites (N-methyl/N-ethyl adjacent to an activating group) is 1. The van der Waals surface area contributed by atoms with Gasteiger partial charge >= 0.3 is 0 Å². The molecule has 0 aliphatic rings. The second-order valence-electron chi connectivity index (χ2n) is 4.12. The SMILES string of the molecule is CCCC(NCC)C(=O)c1ccc(CO)cc1. The van der Waals surface area contributed by atoms with Crippen molar-refractivity contribution >= 4 is 5.78 Å². The van der Waals surface area contributed by atoms with Crippen molar-refractivity contribution in [3.63, 3.8) is 0 Å². The maximum absolute atomic E-state index is 12.2. The highest BCUT2D eigenvalue weighted by Crippen LogP contribution is 2.10. The molecule has 0 fully saturated rings. The van der Waals surface area contributed by atoms with E-state index in [1.165, 1.54) is 0 Å². The Bertz CT molecular complexity index is 340. The van der Waals surface area contributed by atoms with Crippen molar-refractivity contribution in [3.05, 3.63) is 35.4 Å². The summed E-state index contributed by atoms with van der Waals surface area (Å²) < 4.78 is 0. The van der Waals surface area contributed by atoms with Gasteiger partial charge in [0.15, 0.2) is 5.78 Å². The zero-order valence-electron chi connectivity index (χ0n) is 10.6. The summed E-state index contributed by atoms with van der Waals surface area (Å²) in [6, 6.07) is 7.07.